The molecule has 0 aromatic carbocycles. The summed E-state index contributed by atoms with van der Waals surface area (Å²) in [5.41, 5.74) is 0.658. The number of hydrogen-bond acceptors (Lipinski definition) is 5. The summed E-state index contributed by atoms with van der Waals surface area (Å²) in [4.78, 5) is 18.9. The Morgan fingerprint density at radius 3 is 2.81 bits per heavy atom. The number of nitrogens with zero attached hydrogens (tertiary/aromatic N) is 2. The highest BCUT2D eigenvalue weighted by Crippen LogP contribution is 2.26. The van der Waals surface area contributed by atoms with Gasteiger partial charge in [-0.3, -0.25) is 4.98 Å². The van der Waals surface area contributed by atoms with Crippen molar-refractivity contribution in [3.63, 3.8) is 0 Å². The molecular weight excluding hydrogens is 228 g/mol. The van der Waals surface area contributed by atoms with E-state index in [9.17, 15) is 4.79 Å². The van der Waals surface area contributed by atoms with Crippen LogP contribution in [0.1, 0.15) is 15.4 Å². The number of aryl methyl sites for hydroxylation is 1. The average Bonchev–Trinajstić information content (AvgIpc) is 2.70. The van der Waals surface area contributed by atoms with E-state index in [0.29, 0.717) is 17.3 Å². The van der Waals surface area contributed by atoms with Gasteiger partial charge in [0.25, 0.3) is 0 Å². The lowest BCUT2D eigenvalue weighted by molar-refractivity contribution is 0.0702. The van der Waals surface area contributed by atoms with Gasteiger partial charge in [0.1, 0.15) is 10.6 Å². The van der Waals surface area contributed by atoms with Gasteiger partial charge >= 0.3 is 5.97 Å². The summed E-state index contributed by atoms with van der Waals surface area (Å²) < 4.78 is 5.41. The topological polar surface area (TPSA) is 72.3 Å². The molecule has 0 unspecified atom stereocenters. The van der Waals surface area contributed by atoms with Gasteiger partial charge in [-0.15, -0.1) is 11.3 Å². The van der Waals surface area contributed by atoms with Crippen molar-refractivity contribution in [2.75, 3.05) is 0 Å². The second-order valence-electron chi connectivity index (χ2n) is 3.00. The van der Waals surface area contributed by atoms with Crippen LogP contribution < -0.4 is 4.74 Å². The summed E-state index contributed by atoms with van der Waals surface area (Å²) in [6.45, 7) is 1.77. The Balaban J connectivity index is 2.21. The zero-order chi connectivity index (χ0) is 11.5. The molecule has 0 radical (unpaired) electrons. The zero-order valence-corrected chi connectivity index (χ0v) is 9.19. The Kier molecular flexibility index (Phi) is 2.82. The van der Waals surface area contributed by atoms with Crippen LogP contribution in [-0.2, 0) is 0 Å². The lowest BCUT2D eigenvalue weighted by Gasteiger charge is -2.02. The van der Waals surface area contributed by atoms with Crippen molar-refractivity contribution in [3.05, 3.63) is 34.4 Å². The van der Waals surface area contributed by atoms with Gasteiger partial charge in [-0.25, -0.2) is 9.78 Å². The van der Waals surface area contributed by atoms with Gasteiger partial charge in [-0.05, 0) is 6.92 Å². The maximum absolute atomic E-state index is 10.7. The number of aromatic nitrogens is 2. The summed E-state index contributed by atoms with van der Waals surface area (Å²) >= 11 is 1.11. The molecule has 2 rings (SSSR count). The van der Waals surface area contributed by atoms with E-state index in [-0.39, 0.29) is 4.88 Å². The molecule has 0 aliphatic heterocycles. The number of carbonyl (C=O) groups is 1. The normalized spacial score (nSPS) is 10.1. The highest BCUT2D eigenvalue weighted by Gasteiger charge is 2.09. The van der Waals surface area contributed by atoms with E-state index >= 15 is 0 Å². The first kappa shape index (κ1) is 10.6. The largest absolute Gasteiger partial charge is 0.477 e. The molecule has 0 amide bonds. The number of carboxylic acids is 1. The number of thiophene rings is 1. The Hall–Kier alpha value is -1.95. The van der Waals surface area contributed by atoms with E-state index in [4.69, 9.17) is 9.84 Å². The summed E-state index contributed by atoms with van der Waals surface area (Å²) in [5.74, 6) is -0.112. The highest BCUT2D eigenvalue weighted by molar-refractivity contribution is 7.12. The van der Waals surface area contributed by atoms with Crippen LogP contribution in [0.25, 0.3) is 0 Å². The molecule has 0 fully saturated rings. The maximum Gasteiger partial charge on any atom is 0.346 e. The monoisotopic (exact) mass is 236 g/mol. The lowest BCUT2D eigenvalue weighted by atomic mass is 10.4. The van der Waals surface area contributed by atoms with Crippen LogP contribution in [0.4, 0.5) is 0 Å². The van der Waals surface area contributed by atoms with Crippen LogP contribution in [-0.4, -0.2) is 21.0 Å². The average molecular weight is 236 g/mol. The number of rotatable bonds is 3. The Morgan fingerprint density at radius 1 is 1.44 bits per heavy atom. The minimum Gasteiger partial charge on any atom is -0.477 e. The van der Waals surface area contributed by atoms with Gasteiger partial charge in [0.05, 0.1) is 5.69 Å². The summed E-state index contributed by atoms with van der Waals surface area (Å²) in [7, 11) is 0. The van der Waals surface area contributed by atoms with E-state index in [2.05, 4.69) is 9.97 Å². The van der Waals surface area contributed by atoms with Gasteiger partial charge in [0.15, 0.2) is 0 Å². The Morgan fingerprint density at radius 2 is 2.19 bits per heavy atom. The summed E-state index contributed by atoms with van der Waals surface area (Å²) in [5, 5.41) is 10.4. The molecule has 0 aliphatic rings. The van der Waals surface area contributed by atoms with Crippen LogP contribution in [0.15, 0.2) is 23.8 Å². The second-order valence-corrected chi connectivity index (χ2v) is 3.91. The van der Waals surface area contributed by atoms with Crippen molar-refractivity contribution in [1.29, 1.82) is 0 Å². The Bertz CT molecular complexity index is 524. The molecule has 82 valence electrons. The predicted octanol–water partition coefficient (Wildman–Crippen LogP) is 2.34. The molecule has 0 bridgehead atoms. The van der Waals surface area contributed by atoms with Crippen LogP contribution >= 0.6 is 11.3 Å². The molecule has 2 aromatic rings. The standard InChI is InChI=1S/C10H8N2O3S/c1-6-9(12-3-2-11-6)15-7-4-8(10(13)14)16-5-7/h2-5H,1H3,(H,13,14). The molecule has 0 aliphatic carbocycles. The first-order valence-electron chi connectivity index (χ1n) is 4.44. The third kappa shape index (κ3) is 2.17. The molecular formula is C10H8N2O3S. The van der Waals surface area contributed by atoms with Crippen LogP contribution in [0.5, 0.6) is 11.6 Å². The zero-order valence-electron chi connectivity index (χ0n) is 8.38. The smallest absolute Gasteiger partial charge is 0.346 e. The third-order valence-electron chi connectivity index (χ3n) is 1.84. The van der Waals surface area contributed by atoms with Crippen molar-refractivity contribution in [3.8, 4) is 11.6 Å². The molecule has 0 saturated heterocycles. The van der Waals surface area contributed by atoms with Crippen molar-refractivity contribution in [2.45, 2.75) is 6.92 Å². The van der Waals surface area contributed by atoms with Crippen molar-refractivity contribution >= 4 is 17.3 Å². The number of carboxylic acid groups (broad SMARTS) is 1. The molecule has 5 nitrogen and oxygen atoms in total. The van der Waals surface area contributed by atoms with E-state index < -0.39 is 5.97 Å². The molecule has 0 saturated carbocycles. The minimum atomic E-state index is -0.962. The van der Waals surface area contributed by atoms with Crippen LogP contribution in [0, 0.1) is 6.92 Å². The van der Waals surface area contributed by atoms with Crippen molar-refractivity contribution in [1.82, 2.24) is 9.97 Å². The molecule has 0 spiro atoms. The van der Waals surface area contributed by atoms with Crippen LogP contribution in [0.3, 0.4) is 0 Å². The van der Waals surface area contributed by atoms with Crippen molar-refractivity contribution in [2.24, 2.45) is 0 Å². The molecule has 2 heterocycles. The summed E-state index contributed by atoms with van der Waals surface area (Å²) in [6, 6.07) is 1.46. The fourth-order valence-electron chi connectivity index (χ4n) is 1.09. The fraction of sp³-hybridized carbons (Fsp3) is 0.100. The van der Waals surface area contributed by atoms with Gasteiger partial charge in [0, 0.05) is 23.8 Å². The Labute approximate surface area is 95.4 Å². The highest BCUT2D eigenvalue weighted by atomic mass is 32.1. The van der Waals surface area contributed by atoms with E-state index in [1.54, 1.807) is 18.5 Å². The predicted molar refractivity (Wildman–Crippen MR) is 58.1 cm³/mol. The third-order valence-corrected chi connectivity index (χ3v) is 2.73. The van der Waals surface area contributed by atoms with Crippen LogP contribution in [0.2, 0.25) is 0 Å². The molecule has 16 heavy (non-hydrogen) atoms. The molecule has 6 heteroatoms. The molecule has 0 atom stereocenters. The molecule has 1 N–H and O–H groups in total. The number of ether oxygens (including phenoxy) is 1. The van der Waals surface area contributed by atoms with Crippen molar-refractivity contribution < 1.29 is 14.6 Å². The van der Waals surface area contributed by atoms with E-state index in [1.807, 2.05) is 0 Å². The fourth-order valence-corrected chi connectivity index (χ4v) is 1.74. The number of hydrogen-bond donors (Lipinski definition) is 1. The number of aromatic carboxylic acids is 1. The van der Waals surface area contributed by atoms with E-state index in [0.717, 1.165) is 11.3 Å². The SMILES string of the molecule is Cc1nccnc1Oc1csc(C(=O)O)c1. The first-order valence-corrected chi connectivity index (χ1v) is 5.32. The quantitative estimate of drug-likeness (QED) is 0.885. The van der Waals surface area contributed by atoms with Gasteiger partial charge in [-0.2, -0.15) is 0 Å². The van der Waals surface area contributed by atoms with Gasteiger partial charge in [0.2, 0.25) is 5.88 Å². The molecule has 2 aromatic heterocycles. The lowest BCUT2D eigenvalue weighted by Crippen LogP contribution is -1.93. The first-order chi connectivity index (χ1) is 7.66. The van der Waals surface area contributed by atoms with Gasteiger partial charge in [-0.1, -0.05) is 0 Å². The maximum atomic E-state index is 10.7. The second kappa shape index (κ2) is 4.28. The minimum absolute atomic E-state index is 0.233. The van der Waals surface area contributed by atoms with E-state index in [1.165, 1.54) is 12.3 Å². The van der Waals surface area contributed by atoms with Gasteiger partial charge < -0.3 is 9.84 Å². The summed E-state index contributed by atoms with van der Waals surface area (Å²) in [6.07, 6.45) is 3.09.